The van der Waals surface area contributed by atoms with E-state index < -0.39 is 17.9 Å². The number of phenols is 1. The van der Waals surface area contributed by atoms with Crippen LogP contribution in [0.1, 0.15) is 29.8 Å². The second kappa shape index (κ2) is 9.39. The van der Waals surface area contributed by atoms with Crippen molar-refractivity contribution in [1.29, 1.82) is 0 Å². The summed E-state index contributed by atoms with van der Waals surface area (Å²) in [6, 6.07) is 10.1. The van der Waals surface area contributed by atoms with Crippen molar-refractivity contribution < 1.29 is 14.7 Å². The van der Waals surface area contributed by atoms with Gasteiger partial charge in [0.1, 0.15) is 11.8 Å². The van der Waals surface area contributed by atoms with E-state index in [1.54, 1.807) is 26.0 Å². The molecule has 6 nitrogen and oxygen atoms in total. The van der Waals surface area contributed by atoms with Gasteiger partial charge in [-0.05, 0) is 41.8 Å². The fourth-order valence-corrected chi connectivity index (χ4v) is 2.54. The summed E-state index contributed by atoms with van der Waals surface area (Å²) in [7, 11) is 0. The van der Waals surface area contributed by atoms with Crippen molar-refractivity contribution in [2.75, 3.05) is 0 Å². The summed E-state index contributed by atoms with van der Waals surface area (Å²) in [5.41, 5.74) is 3.32. The molecule has 8 heteroatoms. The molecule has 0 aliphatic carbocycles. The Morgan fingerprint density at radius 3 is 2.48 bits per heavy atom. The average Bonchev–Trinajstić information content (AvgIpc) is 2.61. The molecule has 3 N–H and O–H groups in total. The lowest BCUT2D eigenvalue weighted by Crippen LogP contribution is -2.48. The molecule has 0 aliphatic rings. The SMILES string of the molecule is CC(C)C(NC(=O)c1ccc(Cl)c(Cl)c1)C(=O)N/N=C/c1cccc(O)c1. The van der Waals surface area contributed by atoms with Crippen LogP contribution in [0.15, 0.2) is 47.6 Å². The minimum Gasteiger partial charge on any atom is -0.508 e. The lowest BCUT2D eigenvalue weighted by atomic mass is 10.0. The summed E-state index contributed by atoms with van der Waals surface area (Å²) in [5.74, 6) is -0.985. The molecule has 1 unspecified atom stereocenters. The molecule has 27 heavy (non-hydrogen) atoms. The van der Waals surface area contributed by atoms with E-state index in [1.165, 1.54) is 36.5 Å². The van der Waals surface area contributed by atoms with Gasteiger partial charge >= 0.3 is 0 Å². The Balaban J connectivity index is 2.03. The zero-order valence-corrected chi connectivity index (χ0v) is 16.3. The van der Waals surface area contributed by atoms with Gasteiger partial charge in [-0.3, -0.25) is 9.59 Å². The Morgan fingerprint density at radius 2 is 1.85 bits per heavy atom. The second-order valence-corrected chi connectivity index (χ2v) is 6.97. The molecule has 0 fully saturated rings. The van der Waals surface area contributed by atoms with Crippen LogP contribution < -0.4 is 10.7 Å². The fourth-order valence-electron chi connectivity index (χ4n) is 2.24. The van der Waals surface area contributed by atoms with Gasteiger partial charge in [0.2, 0.25) is 0 Å². The third kappa shape index (κ3) is 5.98. The van der Waals surface area contributed by atoms with E-state index in [2.05, 4.69) is 15.8 Å². The van der Waals surface area contributed by atoms with E-state index >= 15 is 0 Å². The van der Waals surface area contributed by atoms with Crippen molar-refractivity contribution in [3.05, 3.63) is 63.6 Å². The highest BCUT2D eigenvalue weighted by molar-refractivity contribution is 6.42. The number of amides is 2. The minimum atomic E-state index is -0.798. The highest BCUT2D eigenvalue weighted by Gasteiger charge is 2.24. The number of rotatable bonds is 6. The molecule has 2 amide bonds. The number of carbonyl (C=O) groups is 2. The Bertz CT molecular complexity index is 869. The smallest absolute Gasteiger partial charge is 0.262 e. The van der Waals surface area contributed by atoms with E-state index in [1.807, 2.05) is 0 Å². The summed E-state index contributed by atoms with van der Waals surface area (Å²) in [6.45, 7) is 3.61. The first-order valence-corrected chi connectivity index (χ1v) is 8.91. The number of hydrogen-bond acceptors (Lipinski definition) is 4. The van der Waals surface area contributed by atoms with Gasteiger partial charge in [-0.2, -0.15) is 5.10 Å². The van der Waals surface area contributed by atoms with Crippen molar-refractivity contribution in [1.82, 2.24) is 10.7 Å². The van der Waals surface area contributed by atoms with Crippen LogP contribution in [-0.2, 0) is 4.79 Å². The van der Waals surface area contributed by atoms with Crippen LogP contribution >= 0.6 is 23.2 Å². The molecule has 2 aromatic carbocycles. The van der Waals surface area contributed by atoms with Crippen molar-refractivity contribution in [3.8, 4) is 5.75 Å². The van der Waals surface area contributed by atoms with E-state index in [0.717, 1.165) is 0 Å². The summed E-state index contributed by atoms with van der Waals surface area (Å²) in [6.07, 6.45) is 1.40. The number of hydrazone groups is 1. The Morgan fingerprint density at radius 1 is 1.11 bits per heavy atom. The van der Waals surface area contributed by atoms with Gasteiger partial charge in [-0.25, -0.2) is 5.43 Å². The maximum atomic E-state index is 12.4. The topological polar surface area (TPSA) is 90.8 Å². The molecule has 0 saturated heterocycles. The van der Waals surface area contributed by atoms with Crippen LogP contribution in [0.2, 0.25) is 10.0 Å². The minimum absolute atomic E-state index is 0.0965. The van der Waals surface area contributed by atoms with Gasteiger partial charge in [0.05, 0.1) is 16.3 Å². The van der Waals surface area contributed by atoms with E-state index in [-0.39, 0.29) is 16.7 Å². The molecule has 0 bridgehead atoms. The summed E-state index contributed by atoms with van der Waals surface area (Å²) >= 11 is 11.8. The number of nitrogens with zero attached hydrogens (tertiary/aromatic N) is 1. The van der Waals surface area contributed by atoms with Gasteiger partial charge < -0.3 is 10.4 Å². The second-order valence-electron chi connectivity index (χ2n) is 6.15. The third-order valence-corrected chi connectivity index (χ3v) is 4.42. The van der Waals surface area contributed by atoms with Crippen LogP contribution in [0.25, 0.3) is 0 Å². The van der Waals surface area contributed by atoms with Gasteiger partial charge in [0.15, 0.2) is 0 Å². The first-order chi connectivity index (χ1) is 12.8. The van der Waals surface area contributed by atoms with Crippen LogP contribution in [0.4, 0.5) is 0 Å². The third-order valence-electron chi connectivity index (χ3n) is 3.68. The molecular formula is C19H19Cl2N3O3. The van der Waals surface area contributed by atoms with Crippen molar-refractivity contribution >= 4 is 41.2 Å². The zero-order chi connectivity index (χ0) is 20.0. The Kier molecular flexibility index (Phi) is 7.21. The molecule has 0 spiro atoms. The fraction of sp³-hybridized carbons (Fsp3) is 0.211. The van der Waals surface area contributed by atoms with Crippen LogP contribution in [0.5, 0.6) is 5.75 Å². The van der Waals surface area contributed by atoms with Gasteiger partial charge in [0, 0.05) is 5.56 Å². The highest BCUT2D eigenvalue weighted by atomic mass is 35.5. The zero-order valence-electron chi connectivity index (χ0n) is 14.7. The largest absolute Gasteiger partial charge is 0.508 e. The standard InChI is InChI=1S/C19H19Cl2N3O3/c1-11(2)17(23-18(26)13-6-7-15(20)16(21)9-13)19(27)24-22-10-12-4-3-5-14(25)8-12/h3-11,17,25H,1-2H3,(H,23,26)(H,24,27)/b22-10+. The normalized spacial score (nSPS) is 12.2. The number of nitrogens with one attached hydrogen (secondary N) is 2. The number of hydrogen-bond donors (Lipinski definition) is 3. The molecule has 0 aliphatic heterocycles. The first-order valence-electron chi connectivity index (χ1n) is 8.16. The monoisotopic (exact) mass is 407 g/mol. The number of aromatic hydroxyl groups is 1. The first kappa shape index (κ1) is 20.7. The van der Waals surface area contributed by atoms with E-state index in [0.29, 0.717) is 16.1 Å². The Labute approximate surface area is 167 Å². The molecule has 0 radical (unpaired) electrons. The molecule has 0 saturated carbocycles. The van der Waals surface area contributed by atoms with E-state index in [4.69, 9.17) is 23.2 Å². The molecule has 0 aromatic heterocycles. The van der Waals surface area contributed by atoms with Gasteiger partial charge in [-0.15, -0.1) is 0 Å². The predicted molar refractivity (Wildman–Crippen MR) is 106 cm³/mol. The van der Waals surface area contributed by atoms with Crippen LogP contribution in [0, 0.1) is 5.92 Å². The molecule has 2 aromatic rings. The number of benzene rings is 2. The highest BCUT2D eigenvalue weighted by Crippen LogP contribution is 2.22. The summed E-state index contributed by atoms with van der Waals surface area (Å²) in [5, 5.41) is 16.5. The predicted octanol–water partition coefficient (Wildman–Crippen LogP) is 3.60. The van der Waals surface area contributed by atoms with Crippen LogP contribution in [-0.4, -0.2) is 29.2 Å². The van der Waals surface area contributed by atoms with Gasteiger partial charge in [0.25, 0.3) is 11.8 Å². The van der Waals surface area contributed by atoms with Crippen molar-refractivity contribution in [2.45, 2.75) is 19.9 Å². The number of halogens is 2. The summed E-state index contributed by atoms with van der Waals surface area (Å²) < 4.78 is 0. The molecule has 0 heterocycles. The molecular weight excluding hydrogens is 389 g/mol. The van der Waals surface area contributed by atoms with Crippen LogP contribution in [0.3, 0.4) is 0 Å². The maximum absolute atomic E-state index is 12.4. The number of phenolic OH excluding ortho intramolecular Hbond substituents is 1. The molecule has 2 rings (SSSR count). The lowest BCUT2D eigenvalue weighted by Gasteiger charge is -2.20. The van der Waals surface area contributed by atoms with Crippen molar-refractivity contribution in [3.63, 3.8) is 0 Å². The molecule has 142 valence electrons. The van der Waals surface area contributed by atoms with Gasteiger partial charge in [-0.1, -0.05) is 49.2 Å². The van der Waals surface area contributed by atoms with E-state index in [9.17, 15) is 14.7 Å². The summed E-state index contributed by atoms with van der Waals surface area (Å²) in [4.78, 5) is 24.8. The maximum Gasteiger partial charge on any atom is 0.262 e. The quantitative estimate of drug-likeness (QED) is 0.504. The number of carbonyl (C=O) groups excluding carboxylic acids is 2. The average molecular weight is 408 g/mol. The van der Waals surface area contributed by atoms with Crippen molar-refractivity contribution in [2.24, 2.45) is 11.0 Å². The molecule has 1 atom stereocenters. The Hall–Kier alpha value is -2.57. The lowest BCUT2D eigenvalue weighted by molar-refractivity contribution is -0.123.